The number of alkyl halides is 1. The summed E-state index contributed by atoms with van der Waals surface area (Å²) in [6, 6.07) is 1.85. The zero-order chi connectivity index (χ0) is 14.0. The van der Waals surface area contributed by atoms with Gasteiger partial charge in [0.25, 0.3) is 0 Å². The highest BCUT2D eigenvalue weighted by Gasteiger charge is 2.24. The Morgan fingerprint density at radius 3 is 2.47 bits per heavy atom. The lowest BCUT2D eigenvalue weighted by atomic mass is 10.2. The minimum Gasteiger partial charge on any atom is -0.354 e. The highest BCUT2D eigenvalue weighted by molar-refractivity contribution is 7.88. The molecule has 8 heteroatoms. The molecule has 2 rings (SSSR count). The second-order valence-electron chi connectivity index (χ2n) is 4.42. The van der Waals surface area contributed by atoms with Crippen molar-refractivity contribution in [3.8, 4) is 0 Å². The number of nitrogens with zero attached hydrogens (tertiary/aromatic N) is 3. The Kier molecular flexibility index (Phi) is 4.55. The topological polar surface area (TPSA) is 53.5 Å². The van der Waals surface area contributed by atoms with E-state index in [1.807, 2.05) is 11.0 Å². The van der Waals surface area contributed by atoms with Crippen molar-refractivity contribution in [3.63, 3.8) is 0 Å². The van der Waals surface area contributed by atoms with E-state index >= 15 is 0 Å². The molecule has 1 saturated heterocycles. The van der Waals surface area contributed by atoms with Crippen molar-refractivity contribution >= 4 is 39.0 Å². The number of anilines is 1. The molecule has 1 aromatic rings. The summed E-state index contributed by atoms with van der Waals surface area (Å²) in [4.78, 5) is 6.30. The van der Waals surface area contributed by atoms with Crippen LogP contribution in [0.4, 0.5) is 5.82 Å². The number of hydrogen-bond acceptors (Lipinski definition) is 4. The Morgan fingerprint density at radius 1 is 1.32 bits per heavy atom. The van der Waals surface area contributed by atoms with Crippen molar-refractivity contribution in [2.24, 2.45) is 0 Å². The maximum atomic E-state index is 11.4. The van der Waals surface area contributed by atoms with Crippen LogP contribution in [-0.2, 0) is 15.9 Å². The third-order valence-corrected chi connectivity index (χ3v) is 5.03. The van der Waals surface area contributed by atoms with Gasteiger partial charge in [-0.25, -0.2) is 13.4 Å². The zero-order valence-electron chi connectivity index (χ0n) is 10.5. The molecule has 1 aliphatic heterocycles. The van der Waals surface area contributed by atoms with Crippen LogP contribution < -0.4 is 4.90 Å². The third kappa shape index (κ3) is 3.51. The predicted molar refractivity (Wildman–Crippen MR) is 77.4 cm³/mol. The van der Waals surface area contributed by atoms with Crippen molar-refractivity contribution in [2.75, 3.05) is 37.3 Å². The van der Waals surface area contributed by atoms with E-state index in [0.29, 0.717) is 37.1 Å². The summed E-state index contributed by atoms with van der Waals surface area (Å²) >= 11 is 11.8. The number of piperazine rings is 1. The standard InChI is InChI=1S/C11H15Cl2N3O2S/c1-19(17,18)16-4-2-15(3-5-16)11-6-9(7-12)10(13)8-14-11/h6,8H,2-5,7H2,1H3. The third-order valence-electron chi connectivity index (χ3n) is 3.10. The Bertz CT molecular complexity index is 557. The van der Waals surface area contributed by atoms with E-state index in [1.165, 1.54) is 10.6 Å². The number of hydrogen-bond donors (Lipinski definition) is 0. The van der Waals surface area contributed by atoms with Gasteiger partial charge >= 0.3 is 0 Å². The van der Waals surface area contributed by atoms with E-state index in [9.17, 15) is 8.42 Å². The molecule has 2 heterocycles. The maximum Gasteiger partial charge on any atom is 0.211 e. The molecular formula is C11H15Cl2N3O2S. The highest BCUT2D eigenvalue weighted by Crippen LogP contribution is 2.23. The molecule has 0 aromatic carbocycles. The second kappa shape index (κ2) is 5.83. The van der Waals surface area contributed by atoms with E-state index in [2.05, 4.69) is 4.98 Å². The van der Waals surface area contributed by atoms with E-state index < -0.39 is 10.0 Å². The molecule has 1 aromatic heterocycles. The molecule has 106 valence electrons. The fourth-order valence-electron chi connectivity index (χ4n) is 1.99. The van der Waals surface area contributed by atoms with Crippen molar-refractivity contribution in [3.05, 3.63) is 22.8 Å². The van der Waals surface area contributed by atoms with Crippen LogP contribution in [-0.4, -0.2) is 50.1 Å². The number of halogens is 2. The molecule has 0 atom stereocenters. The highest BCUT2D eigenvalue weighted by atomic mass is 35.5. The van der Waals surface area contributed by atoms with E-state index in [0.717, 1.165) is 11.4 Å². The van der Waals surface area contributed by atoms with E-state index in [4.69, 9.17) is 23.2 Å². The molecule has 1 fully saturated rings. The first-order chi connectivity index (χ1) is 8.91. The largest absolute Gasteiger partial charge is 0.354 e. The molecule has 0 spiro atoms. The van der Waals surface area contributed by atoms with Crippen LogP contribution >= 0.6 is 23.2 Å². The monoisotopic (exact) mass is 323 g/mol. The average Bonchev–Trinajstić information content (AvgIpc) is 2.38. The van der Waals surface area contributed by atoms with Gasteiger partial charge in [-0.15, -0.1) is 11.6 Å². The Labute approximate surface area is 123 Å². The van der Waals surface area contributed by atoms with Gasteiger partial charge in [-0.3, -0.25) is 0 Å². The zero-order valence-corrected chi connectivity index (χ0v) is 12.8. The van der Waals surface area contributed by atoms with Gasteiger partial charge in [0.1, 0.15) is 5.82 Å². The van der Waals surface area contributed by atoms with Crippen LogP contribution in [0.1, 0.15) is 5.56 Å². The summed E-state index contributed by atoms with van der Waals surface area (Å²) in [6.45, 7) is 2.17. The van der Waals surface area contributed by atoms with Gasteiger partial charge in [0.15, 0.2) is 0 Å². The average molecular weight is 324 g/mol. The fraction of sp³-hybridized carbons (Fsp3) is 0.545. The molecule has 1 aliphatic rings. The fourth-order valence-corrected chi connectivity index (χ4v) is 3.28. The summed E-state index contributed by atoms with van der Waals surface area (Å²) in [6.07, 6.45) is 2.81. The van der Waals surface area contributed by atoms with Crippen molar-refractivity contribution in [1.29, 1.82) is 0 Å². The molecule has 0 saturated carbocycles. The van der Waals surface area contributed by atoms with Gasteiger partial charge in [0, 0.05) is 38.3 Å². The summed E-state index contributed by atoms with van der Waals surface area (Å²) in [5.41, 5.74) is 0.832. The van der Waals surface area contributed by atoms with Gasteiger partial charge in [0.2, 0.25) is 10.0 Å². The quantitative estimate of drug-likeness (QED) is 0.792. The van der Waals surface area contributed by atoms with Crippen molar-refractivity contribution < 1.29 is 8.42 Å². The molecule has 0 unspecified atom stereocenters. The first-order valence-corrected chi connectivity index (χ1v) is 8.58. The van der Waals surface area contributed by atoms with Crippen LogP contribution in [0.15, 0.2) is 12.3 Å². The Balaban J connectivity index is 2.10. The molecule has 0 bridgehead atoms. The molecular weight excluding hydrogens is 309 g/mol. The summed E-state index contributed by atoms with van der Waals surface area (Å²) in [5.74, 6) is 1.12. The molecule has 0 amide bonds. The summed E-state index contributed by atoms with van der Waals surface area (Å²) in [5, 5.41) is 0.550. The lowest BCUT2D eigenvalue weighted by Crippen LogP contribution is -2.48. The Morgan fingerprint density at radius 2 is 1.95 bits per heavy atom. The molecule has 0 radical (unpaired) electrons. The van der Waals surface area contributed by atoms with Crippen LogP contribution in [0.3, 0.4) is 0 Å². The lowest BCUT2D eigenvalue weighted by molar-refractivity contribution is 0.387. The predicted octanol–water partition coefficient (Wildman–Crippen LogP) is 1.56. The first-order valence-electron chi connectivity index (χ1n) is 5.82. The van der Waals surface area contributed by atoms with Gasteiger partial charge < -0.3 is 4.90 Å². The van der Waals surface area contributed by atoms with Crippen LogP contribution in [0.25, 0.3) is 0 Å². The van der Waals surface area contributed by atoms with E-state index in [1.54, 1.807) is 6.20 Å². The summed E-state index contributed by atoms with van der Waals surface area (Å²) < 4.78 is 24.3. The normalized spacial score (nSPS) is 17.7. The molecule has 0 N–H and O–H groups in total. The van der Waals surface area contributed by atoms with Gasteiger partial charge in [-0.05, 0) is 11.6 Å². The lowest BCUT2D eigenvalue weighted by Gasteiger charge is -2.34. The van der Waals surface area contributed by atoms with Crippen molar-refractivity contribution in [2.45, 2.75) is 5.88 Å². The number of aromatic nitrogens is 1. The van der Waals surface area contributed by atoms with E-state index in [-0.39, 0.29) is 0 Å². The second-order valence-corrected chi connectivity index (χ2v) is 7.07. The van der Waals surface area contributed by atoms with Crippen LogP contribution in [0.2, 0.25) is 5.02 Å². The number of pyridine rings is 1. The maximum absolute atomic E-state index is 11.4. The minimum absolute atomic E-state index is 0.331. The van der Waals surface area contributed by atoms with Crippen molar-refractivity contribution in [1.82, 2.24) is 9.29 Å². The summed E-state index contributed by atoms with van der Waals surface area (Å²) in [7, 11) is -3.11. The van der Waals surface area contributed by atoms with Gasteiger partial charge in [0.05, 0.1) is 11.3 Å². The number of rotatable bonds is 3. The first kappa shape index (κ1) is 14.8. The van der Waals surface area contributed by atoms with Crippen LogP contribution in [0, 0.1) is 0 Å². The minimum atomic E-state index is -3.11. The number of sulfonamides is 1. The molecule has 19 heavy (non-hydrogen) atoms. The SMILES string of the molecule is CS(=O)(=O)N1CCN(c2cc(CCl)c(Cl)cn2)CC1. The smallest absolute Gasteiger partial charge is 0.211 e. The van der Waals surface area contributed by atoms with Gasteiger partial charge in [-0.1, -0.05) is 11.6 Å². The Hall–Kier alpha value is -0.560. The van der Waals surface area contributed by atoms with Crippen LogP contribution in [0.5, 0.6) is 0 Å². The van der Waals surface area contributed by atoms with Gasteiger partial charge in [-0.2, -0.15) is 4.31 Å². The molecule has 0 aliphatic carbocycles. The molecule has 5 nitrogen and oxygen atoms in total.